The number of non-ortho nitro benzene ring substituents is 1. The van der Waals surface area contributed by atoms with E-state index in [1.54, 1.807) is 28.8 Å². The van der Waals surface area contributed by atoms with Crippen molar-refractivity contribution in [1.82, 2.24) is 5.43 Å². The second-order valence-electron chi connectivity index (χ2n) is 6.21. The molecule has 29 heavy (non-hydrogen) atoms. The topological polar surface area (TPSA) is 87.8 Å². The maximum Gasteiger partial charge on any atom is 0.269 e. The molecule has 3 aromatic carbocycles. The maximum atomic E-state index is 13.0. The quantitative estimate of drug-likeness (QED) is 0.388. The number of rotatable bonds is 5. The molecule has 8 heteroatoms. The number of carbonyl (C=O) groups excluding carboxylic acids is 1. The number of carbonyl (C=O) groups is 1. The number of hydrazone groups is 1. The number of hydrogen-bond acceptors (Lipinski definition) is 6. The molecule has 1 N–H and O–H groups in total. The van der Waals surface area contributed by atoms with E-state index >= 15 is 0 Å². The molecule has 0 atom stereocenters. The summed E-state index contributed by atoms with van der Waals surface area (Å²) < 4.78 is 0. The second-order valence-corrected chi connectivity index (χ2v) is 7.29. The number of nitro benzene ring substituents is 1. The van der Waals surface area contributed by atoms with Gasteiger partial charge in [-0.3, -0.25) is 19.8 Å². The van der Waals surface area contributed by atoms with Crippen LogP contribution in [0.4, 0.5) is 17.1 Å². The van der Waals surface area contributed by atoms with E-state index in [4.69, 9.17) is 0 Å². The Morgan fingerprint density at radius 1 is 1.00 bits per heavy atom. The Morgan fingerprint density at radius 2 is 1.59 bits per heavy atom. The highest BCUT2D eigenvalue weighted by Crippen LogP contribution is 2.47. The van der Waals surface area contributed by atoms with E-state index in [1.165, 1.54) is 18.3 Å². The minimum absolute atomic E-state index is 0.0107. The Kier molecular flexibility index (Phi) is 5.26. The normalized spacial score (nSPS) is 12.3. The number of fused-ring (bicyclic) bond motifs is 2. The first-order chi connectivity index (χ1) is 14.1. The molecule has 0 fully saturated rings. The fourth-order valence-electron chi connectivity index (χ4n) is 2.97. The molecule has 0 spiro atoms. The third-order valence-corrected chi connectivity index (χ3v) is 5.45. The molecule has 0 unspecified atom stereocenters. The number of anilines is 2. The lowest BCUT2D eigenvalue weighted by Gasteiger charge is -2.30. The summed E-state index contributed by atoms with van der Waals surface area (Å²) in [6, 6.07) is 21.6. The highest BCUT2D eigenvalue weighted by atomic mass is 32.2. The largest absolute Gasteiger partial charge is 0.301 e. The van der Waals surface area contributed by atoms with Crippen LogP contribution in [-0.2, 0) is 4.79 Å². The molecule has 1 aliphatic rings. The number of nitro groups is 1. The van der Waals surface area contributed by atoms with E-state index in [0.717, 1.165) is 21.2 Å². The average Bonchev–Trinajstić information content (AvgIpc) is 2.75. The van der Waals surface area contributed by atoms with Crippen LogP contribution < -0.4 is 10.3 Å². The number of amides is 1. The molecule has 0 saturated carbocycles. The van der Waals surface area contributed by atoms with Crippen molar-refractivity contribution >= 4 is 40.9 Å². The fourth-order valence-corrected chi connectivity index (χ4v) is 4.03. The summed E-state index contributed by atoms with van der Waals surface area (Å²) in [6.07, 6.45) is 1.52. The van der Waals surface area contributed by atoms with Gasteiger partial charge in [0.1, 0.15) is 6.54 Å². The first-order valence-electron chi connectivity index (χ1n) is 8.83. The lowest BCUT2D eigenvalue weighted by molar-refractivity contribution is -0.384. The van der Waals surface area contributed by atoms with Crippen molar-refractivity contribution in [1.29, 1.82) is 0 Å². The van der Waals surface area contributed by atoms with Gasteiger partial charge in [0.05, 0.1) is 22.5 Å². The van der Waals surface area contributed by atoms with Crippen molar-refractivity contribution in [2.75, 3.05) is 11.4 Å². The Bertz CT molecular complexity index is 1050. The van der Waals surface area contributed by atoms with Crippen molar-refractivity contribution < 1.29 is 9.72 Å². The molecular formula is C21H16N4O3S. The SMILES string of the molecule is O=C(CN/N=C/c1ccc([N+](=O)[O-])cc1)N1c2ccccc2Sc2ccccc21. The lowest BCUT2D eigenvalue weighted by atomic mass is 10.2. The van der Waals surface area contributed by atoms with Gasteiger partial charge in [-0.15, -0.1) is 0 Å². The van der Waals surface area contributed by atoms with Crippen molar-refractivity contribution in [2.45, 2.75) is 9.79 Å². The number of nitrogens with zero attached hydrogens (tertiary/aromatic N) is 3. The van der Waals surface area contributed by atoms with Gasteiger partial charge >= 0.3 is 0 Å². The van der Waals surface area contributed by atoms with Crippen LogP contribution in [0, 0.1) is 10.1 Å². The summed E-state index contributed by atoms with van der Waals surface area (Å²) >= 11 is 1.64. The van der Waals surface area contributed by atoms with Crippen LogP contribution in [0.25, 0.3) is 0 Å². The summed E-state index contributed by atoms with van der Waals surface area (Å²) in [5.74, 6) is -0.133. The minimum Gasteiger partial charge on any atom is -0.301 e. The van der Waals surface area contributed by atoms with Gasteiger partial charge in [0.2, 0.25) is 0 Å². The van der Waals surface area contributed by atoms with Gasteiger partial charge in [-0.2, -0.15) is 5.10 Å². The van der Waals surface area contributed by atoms with Crippen LogP contribution in [-0.4, -0.2) is 23.6 Å². The van der Waals surface area contributed by atoms with Gasteiger partial charge < -0.3 is 5.43 Å². The van der Waals surface area contributed by atoms with Crippen LogP contribution in [0.3, 0.4) is 0 Å². The summed E-state index contributed by atoms with van der Waals surface area (Å²) in [5, 5.41) is 14.8. The number of benzene rings is 3. The molecule has 3 aromatic rings. The third-order valence-electron chi connectivity index (χ3n) is 4.32. The predicted molar refractivity (Wildman–Crippen MR) is 113 cm³/mol. The van der Waals surface area contributed by atoms with E-state index < -0.39 is 4.92 Å². The standard InChI is InChI=1S/C21H16N4O3S/c26-21(14-23-22-13-15-9-11-16(12-10-15)25(27)28)24-17-5-1-3-7-19(17)29-20-8-4-2-6-18(20)24/h1-13,23H,14H2/b22-13+. The molecular weight excluding hydrogens is 388 g/mol. The monoisotopic (exact) mass is 404 g/mol. The van der Waals surface area contributed by atoms with Gasteiger partial charge in [0, 0.05) is 21.9 Å². The number of nitrogens with one attached hydrogen (secondary N) is 1. The van der Waals surface area contributed by atoms with Crippen molar-refractivity contribution in [2.24, 2.45) is 5.10 Å². The predicted octanol–water partition coefficient (Wildman–Crippen LogP) is 4.35. The minimum atomic E-state index is -0.454. The fraction of sp³-hybridized carbons (Fsp3) is 0.0476. The van der Waals surface area contributed by atoms with Gasteiger partial charge in [-0.1, -0.05) is 36.0 Å². The number of para-hydroxylation sites is 2. The summed E-state index contributed by atoms with van der Waals surface area (Å²) in [7, 11) is 0. The van der Waals surface area contributed by atoms with Crippen LogP contribution in [0.1, 0.15) is 5.56 Å². The summed E-state index contributed by atoms with van der Waals surface area (Å²) in [6.45, 7) is 0.0107. The van der Waals surface area contributed by atoms with Gasteiger partial charge in [-0.25, -0.2) is 0 Å². The molecule has 0 radical (unpaired) electrons. The molecule has 1 heterocycles. The Morgan fingerprint density at radius 3 is 2.17 bits per heavy atom. The molecule has 0 saturated heterocycles. The van der Waals surface area contributed by atoms with Crippen LogP contribution in [0.15, 0.2) is 87.7 Å². The molecule has 0 bridgehead atoms. The average molecular weight is 404 g/mol. The zero-order valence-corrected chi connectivity index (χ0v) is 16.0. The van der Waals surface area contributed by atoms with Crippen LogP contribution in [0.2, 0.25) is 0 Å². The Balaban J connectivity index is 1.47. The van der Waals surface area contributed by atoms with Gasteiger partial charge in [0.15, 0.2) is 0 Å². The molecule has 7 nitrogen and oxygen atoms in total. The summed E-state index contributed by atoms with van der Waals surface area (Å²) in [4.78, 5) is 26.9. The molecule has 1 aliphatic heterocycles. The smallest absolute Gasteiger partial charge is 0.269 e. The molecule has 1 amide bonds. The first-order valence-corrected chi connectivity index (χ1v) is 9.64. The third kappa shape index (κ3) is 3.97. The number of hydrogen-bond donors (Lipinski definition) is 1. The Labute approximate surface area is 171 Å². The van der Waals surface area contributed by atoms with E-state index in [-0.39, 0.29) is 18.1 Å². The van der Waals surface area contributed by atoms with E-state index in [0.29, 0.717) is 5.56 Å². The second kappa shape index (κ2) is 8.15. The highest BCUT2D eigenvalue weighted by molar-refractivity contribution is 7.99. The van der Waals surface area contributed by atoms with Crippen molar-refractivity contribution in [3.8, 4) is 0 Å². The first kappa shape index (κ1) is 18.7. The van der Waals surface area contributed by atoms with Crippen LogP contribution in [0.5, 0.6) is 0 Å². The van der Waals surface area contributed by atoms with E-state index in [1.807, 2.05) is 48.5 Å². The maximum absolute atomic E-state index is 13.0. The van der Waals surface area contributed by atoms with E-state index in [2.05, 4.69) is 10.5 Å². The Hall–Kier alpha value is -3.65. The van der Waals surface area contributed by atoms with Crippen molar-refractivity contribution in [3.05, 3.63) is 88.5 Å². The van der Waals surface area contributed by atoms with Gasteiger partial charge in [-0.05, 0) is 42.0 Å². The molecule has 0 aliphatic carbocycles. The zero-order chi connectivity index (χ0) is 20.2. The lowest BCUT2D eigenvalue weighted by Crippen LogP contribution is -2.35. The zero-order valence-electron chi connectivity index (χ0n) is 15.2. The van der Waals surface area contributed by atoms with Crippen LogP contribution >= 0.6 is 11.8 Å². The molecule has 0 aromatic heterocycles. The molecule has 4 rings (SSSR count). The van der Waals surface area contributed by atoms with E-state index in [9.17, 15) is 14.9 Å². The molecule has 144 valence electrons. The van der Waals surface area contributed by atoms with Gasteiger partial charge in [0.25, 0.3) is 11.6 Å². The van der Waals surface area contributed by atoms with Crippen molar-refractivity contribution in [3.63, 3.8) is 0 Å². The summed E-state index contributed by atoms with van der Waals surface area (Å²) in [5.41, 5.74) is 5.18. The highest BCUT2D eigenvalue weighted by Gasteiger charge is 2.27.